The number of rotatable bonds is 3. The van der Waals surface area contributed by atoms with E-state index in [1.54, 1.807) is 18.3 Å². The molecule has 114 valence electrons. The summed E-state index contributed by atoms with van der Waals surface area (Å²) in [7, 11) is 0. The van der Waals surface area contributed by atoms with Crippen molar-refractivity contribution < 1.29 is 9.13 Å². The summed E-state index contributed by atoms with van der Waals surface area (Å²) in [6.07, 6.45) is 1.78. The molecule has 0 atom stereocenters. The minimum Gasteiger partial charge on any atom is -0.378 e. The first-order chi connectivity index (χ1) is 10.7. The molecule has 0 aliphatic carbocycles. The van der Waals surface area contributed by atoms with Crippen LogP contribution in [0.2, 0.25) is 0 Å². The number of benzene rings is 2. The molecule has 2 aromatic carbocycles. The fourth-order valence-electron chi connectivity index (χ4n) is 2.52. The van der Waals surface area contributed by atoms with Crippen molar-refractivity contribution >= 4 is 17.6 Å². The lowest BCUT2D eigenvalue weighted by molar-refractivity contribution is 0.122. The second-order valence-electron chi connectivity index (χ2n) is 5.38. The van der Waals surface area contributed by atoms with Crippen LogP contribution < -0.4 is 4.90 Å². The predicted octanol–water partition coefficient (Wildman–Crippen LogP) is 3.72. The summed E-state index contributed by atoms with van der Waals surface area (Å²) in [5, 5.41) is 0. The SMILES string of the molecule is Cc1cc(N2CCOCC2)ccc1C=Nc1cccc(F)c1. The molecule has 3 nitrogen and oxygen atoms in total. The third kappa shape index (κ3) is 3.52. The van der Waals surface area contributed by atoms with E-state index in [0.717, 1.165) is 37.4 Å². The molecule has 0 amide bonds. The minimum atomic E-state index is -0.269. The molecule has 2 aromatic rings. The highest BCUT2D eigenvalue weighted by Gasteiger charge is 2.11. The quantitative estimate of drug-likeness (QED) is 0.807. The Labute approximate surface area is 130 Å². The van der Waals surface area contributed by atoms with Gasteiger partial charge < -0.3 is 9.64 Å². The van der Waals surface area contributed by atoms with E-state index in [1.165, 1.54) is 17.8 Å². The Kier molecular flexibility index (Phi) is 4.49. The Morgan fingerprint density at radius 3 is 2.68 bits per heavy atom. The summed E-state index contributed by atoms with van der Waals surface area (Å²) >= 11 is 0. The summed E-state index contributed by atoms with van der Waals surface area (Å²) in [6.45, 7) is 5.48. The highest BCUT2D eigenvalue weighted by Crippen LogP contribution is 2.20. The molecular weight excluding hydrogens is 279 g/mol. The van der Waals surface area contributed by atoms with Gasteiger partial charge in [-0.15, -0.1) is 0 Å². The monoisotopic (exact) mass is 298 g/mol. The summed E-state index contributed by atoms with van der Waals surface area (Å²) in [5.41, 5.74) is 4.03. The second-order valence-corrected chi connectivity index (χ2v) is 5.38. The topological polar surface area (TPSA) is 24.8 Å². The molecule has 0 unspecified atom stereocenters. The van der Waals surface area contributed by atoms with E-state index in [9.17, 15) is 4.39 Å². The molecule has 1 saturated heterocycles. The van der Waals surface area contributed by atoms with E-state index < -0.39 is 0 Å². The van der Waals surface area contributed by atoms with E-state index in [0.29, 0.717) is 5.69 Å². The molecular formula is C18H19FN2O. The van der Waals surface area contributed by atoms with Crippen LogP contribution in [0.25, 0.3) is 0 Å². The van der Waals surface area contributed by atoms with Crippen molar-refractivity contribution in [3.8, 4) is 0 Å². The maximum absolute atomic E-state index is 13.1. The van der Waals surface area contributed by atoms with Crippen molar-refractivity contribution in [3.63, 3.8) is 0 Å². The number of ether oxygens (including phenoxy) is 1. The molecule has 0 radical (unpaired) electrons. The van der Waals surface area contributed by atoms with Crippen molar-refractivity contribution in [2.45, 2.75) is 6.92 Å². The average Bonchev–Trinajstić information content (AvgIpc) is 2.54. The third-order valence-electron chi connectivity index (χ3n) is 3.79. The van der Waals surface area contributed by atoms with E-state index in [2.05, 4.69) is 35.0 Å². The molecule has 1 aliphatic heterocycles. The summed E-state index contributed by atoms with van der Waals surface area (Å²) in [5.74, 6) is -0.269. The first kappa shape index (κ1) is 14.7. The third-order valence-corrected chi connectivity index (χ3v) is 3.79. The van der Waals surface area contributed by atoms with Crippen LogP contribution in [0, 0.1) is 12.7 Å². The van der Waals surface area contributed by atoms with Crippen LogP contribution >= 0.6 is 0 Å². The number of nitrogens with zero attached hydrogens (tertiary/aromatic N) is 2. The summed E-state index contributed by atoms with van der Waals surface area (Å²) in [6, 6.07) is 12.6. The maximum Gasteiger partial charge on any atom is 0.125 e. The lowest BCUT2D eigenvalue weighted by atomic mass is 10.1. The van der Waals surface area contributed by atoms with Crippen LogP contribution in [0.15, 0.2) is 47.5 Å². The number of aliphatic imine (C=N–C) groups is 1. The first-order valence-corrected chi connectivity index (χ1v) is 7.45. The van der Waals surface area contributed by atoms with Gasteiger partial charge in [0.1, 0.15) is 5.82 Å². The number of halogens is 1. The van der Waals surface area contributed by atoms with E-state index in [-0.39, 0.29) is 5.82 Å². The second kappa shape index (κ2) is 6.71. The lowest BCUT2D eigenvalue weighted by Gasteiger charge is -2.29. The number of aryl methyl sites for hydroxylation is 1. The molecule has 3 rings (SSSR count). The molecule has 4 heteroatoms. The van der Waals surface area contributed by atoms with Crippen LogP contribution in [0.4, 0.5) is 15.8 Å². The van der Waals surface area contributed by atoms with Crippen molar-refractivity contribution in [2.75, 3.05) is 31.2 Å². The number of morpholine rings is 1. The van der Waals surface area contributed by atoms with Crippen molar-refractivity contribution in [2.24, 2.45) is 4.99 Å². The molecule has 0 N–H and O–H groups in total. The van der Waals surface area contributed by atoms with E-state index in [1.807, 2.05) is 0 Å². The number of hydrogen-bond donors (Lipinski definition) is 0. The van der Waals surface area contributed by atoms with Gasteiger partial charge in [-0.05, 0) is 48.4 Å². The fraction of sp³-hybridized carbons (Fsp3) is 0.278. The lowest BCUT2D eigenvalue weighted by Crippen LogP contribution is -2.36. The van der Waals surface area contributed by atoms with Gasteiger partial charge in [0, 0.05) is 25.0 Å². The summed E-state index contributed by atoms with van der Waals surface area (Å²) in [4.78, 5) is 6.67. The number of anilines is 1. The molecule has 0 saturated carbocycles. The van der Waals surface area contributed by atoms with Crippen LogP contribution in [0.5, 0.6) is 0 Å². The van der Waals surface area contributed by atoms with Crippen molar-refractivity contribution in [1.82, 2.24) is 0 Å². The molecule has 1 heterocycles. The highest BCUT2D eigenvalue weighted by atomic mass is 19.1. The fourth-order valence-corrected chi connectivity index (χ4v) is 2.52. The Hall–Kier alpha value is -2.20. The normalized spacial score (nSPS) is 15.5. The minimum absolute atomic E-state index is 0.269. The van der Waals surface area contributed by atoms with E-state index >= 15 is 0 Å². The van der Waals surface area contributed by atoms with Crippen molar-refractivity contribution in [3.05, 3.63) is 59.4 Å². The highest BCUT2D eigenvalue weighted by molar-refractivity contribution is 5.84. The molecule has 0 aromatic heterocycles. The molecule has 1 aliphatic rings. The van der Waals surface area contributed by atoms with Gasteiger partial charge in [0.05, 0.1) is 18.9 Å². The van der Waals surface area contributed by atoms with Gasteiger partial charge in [-0.1, -0.05) is 12.1 Å². The van der Waals surface area contributed by atoms with Gasteiger partial charge >= 0.3 is 0 Å². The zero-order valence-corrected chi connectivity index (χ0v) is 12.6. The largest absolute Gasteiger partial charge is 0.378 e. The Balaban J connectivity index is 1.77. The summed E-state index contributed by atoms with van der Waals surface area (Å²) < 4.78 is 18.5. The Morgan fingerprint density at radius 2 is 1.95 bits per heavy atom. The van der Waals surface area contributed by atoms with Crippen LogP contribution in [-0.4, -0.2) is 32.5 Å². The van der Waals surface area contributed by atoms with Gasteiger partial charge in [0.25, 0.3) is 0 Å². The van der Waals surface area contributed by atoms with Gasteiger partial charge in [-0.2, -0.15) is 0 Å². The standard InChI is InChI=1S/C18H19FN2O/c1-14-11-18(21-7-9-22-10-8-21)6-5-15(14)13-20-17-4-2-3-16(19)12-17/h2-6,11-13H,7-10H2,1H3. The van der Waals surface area contributed by atoms with Gasteiger partial charge in [-0.3, -0.25) is 4.99 Å². The Morgan fingerprint density at radius 1 is 1.14 bits per heavy atom. The maximum atomic E-state index is 13.1. The molecule has 0 bridgehead atoms. The zero-order valence-electron chi connectivity index (χ0n) is 12.6. The van der Waals surface area contributed by atoms with Gasteiger partial charge in [-0.25, -0.2) is 4.39 Å². The Bertz CT molecular complexity index is 679. The van der Waals surface area contributed by atoms with Crippen LogP contribution in [-0.2, 0) is 4.74 Å². The predicted molar refractivity (Wildman–Crippen MR) is 87.9 cm³/mol. The van der Waals surface area contributed by atoms with Crippen LogP contribution in [0.3, 0.4) is 0 Å². The van der Waals surface area contributed by atoms with Gasteiger partial charge in [0.2, 0.25) is 0 Å². The zero-order chi connectivity index (χ0) is 15.4. The molecule has 0 spiro atoms. The smallest absolute Gasteiger partial charge is 0.125 e. The number of hydrogen-bond acceptors (Lipinski definition) is 3. The van der Waals surface area contributed by atoms with Gasteiger partial charge in [0.15, 0.2) is 0 Å². The molecule has 1 fully saturated rings. The van der Waals surface area contributed by atoms with Crippen molar-refractivity contribution in [1.29, 1.82) is 0 Å². The average molecular weight is 298 g/mol. The first-order valence-electron chi connectivity index (χ1n) is 7.45. The van der Waals surface area contributed by atoms with Crippen LogP contribution in [0.1, 0.15) is 11.1 Å². The molecule has 22 heavy (non-hydrogen) atoms. The van der Waals surface area contributed by atoms with E-state index in [4.69, 9.17) is 4.74 Å².